The SMILES string of the molecule is CCCNC(=O)c1ccc(N=C(c2ccccc2)C2C(=O)Nc3cc(C(=O)OC)ccc32)cc1. The first-order valence-corrected chi connectivity index (χ1v) is 11.1. The second-order valence-electron chi connectivity index (χ2n) is 7.88. The minimum Gasteiger partial charge on any atom is -0.465 e. The van der Waals surface area contributed by atoms with E-state index in [1.165, 1.54) is 7.11 Å². The minimum atomic E-state index is -0.656. The summed E-state index contributed by atoms with van der Waals surface area (Å²) in [4.78, 5) is 42.0. The van der Waals surface area contributed by atoms with Crippen molar-refractivity contribution in [3.05, 3.63) is 95.1 Å². The average molecular weight is 456 g/mol. The van der Waals surface area contributed by atoms with Crippen LogP contribution in [-0.4, -0.2) is 37.1 Å². The highest BCUT2D eigenvalue weighted by molar-refractivity contribution is 6.24. The summed E-state index contributed by atoms with van der Waals surface area (Å²) in [6.07, 6.45) is 0.862. The molecule has 34 heavy (non-hydrogen) atoms. The Bertz CT molecular complexity index is 1250. The van der Waals surface area contributed by atoms with Gasteiger partial charge in [0, 0.05) is 17.8 Å². The van der Waals surface area contributed by atoms with Crippen molar-refractivity contribution in [3.63, 3.8) is 0 Å². The lowest BCUT2D eigenvalue weighted by molar-refractivity contribution is -0.115. The molecule has 4 rings (SSSR count). The Hall–Kier alpha value is -4.26. The molecular formula is C27H25N3O4. The summed E-state index contributed by atoms with van der Waals surface area (Å²) in [7, 11) is 1.32. The number of hydrogen-bond donors (Lipinski definition) is 2. The maximum atomic E-state index is 13.1. The largest absolute Gasteiger partial charge is 0.465 e. The Balaban J connectivity index is 1.73. The van der Waals surface area contributed by atoms with Crippen LogP contribution >= 0.6 is 0 Å². The fourth-order valence-electron chi connectivity index (χ4n) is 3.85. The van der Waals surface area contributed by atoms with Gasteiger partial charge in [0.25, 0.3) is 5.91 Å². The maximum absolute atomic E-state index is 13.1. The van der Waals surface area contributed by atoms with E-state index < -0.39 is 11.9 Å². The first-order chi connectivity index (χ1) is 16.5. The van der Waals surface area contributed by atoms with E-state index in [1.54, 1.807) is 42.5 Å². The summed E-state index contributed by atoms with van der Waals surface area (Å²) in [6.45, 7) is 2.61. The standard InChI is InChI=1S/C27H25N3O4/c1-3-15-28-25(31)18-9-12-20(13-10-18)29-24(17-7-5-4-6-8-17)23-21-14-11-19(27(33)34-2)16-22(21)30-26(23)32/h4-14,16,23H,3,15H2,1-2H3,(H,28,31)(H,30,32). The van der Waals surface area contributed by atoms with Crippen LogP contribution in [0.3, 0.4) is 0 Å². The molecule has 1 aliphatic rings. The number of ether oxygens (including phenoxy) is 1. The van der Waals surface area contributed by atoms with Crippen molar-refractivity contribution < 1.29 is 19.1 Å². The Morgan fingerprint density at radius 3 is 2.35 bits per heavy atom. The third-order valence-corrected chi connectivity index (χ3v) is 5.56. The third-order valence-electron chi connectivity index (χ3n) is 5.56. The Labute approximate surface area is 197 Å². The molecule has 0 radical (unpaired) electrons. The molecule has 0 fully saturated rings. The van der Waals surface area contributed by atoms with E-state index in [0.29, 0.717) is 34.8 Å². The quantitative estimate of drug-likeness (QED) is 0.406. The monoisotopic (exact) mass is 455 g/mol. The van der Waals surface area contributed by atoms with Gasteiger partial charge in [0.05, 0.1) is 24.1 Å². The number of fused-ring (bicyclic) bond motifs is 1. The third kappa shape index (κ3) is 4.73. The van der Waals surface area contributed by atoms with Crippen LogP contribution in [0, 0.1) is 0 Å². The molecule has 7 heteroatoms. The van der Waals surface area contributed by atoms with E-state index in [-0.39, 0.29) is 11.8 Å². The molecule has 1 atom stereocenters. The molecule has 3 aromatic carbocycles. The van der Waals surface area contributed by atoms with Gasteiger partial charge in [-0.15, -0.1) is 0 Å². The number of carbonyl (C=O) groups is 3. The van der Waals surface area contributed by atoms with Gasteiger partial charge in [-0.1, -0.05) is 43.3 Å². The first kappa shape index (κ1) is 22.9. The molecule has 7 nitrogen and oxygen atoms in total. The van der Waals surface area contributed by atoms with Gasteiger partial charge in [0.15, 0.2) is 0 Å². The van der Waals surface area contributed by atoms with Crippen molar-refractivity contribution in [1.29, 1.82) is 0 Å². The van der Waals surface area contributed by atoms with Crippen molar-refractivity contribution in [1.82, 2.24) is 5.32 Å². The number of esters is 1. The summed E-state index contributed by atoms with van der Waals surface area (Å²) < 4.78 is 4.79. The number of rotatable bonds is 7. The van der Waals surface area contributed by atoms with Crippen molar-refractivity contribution in [2.45, 2.75) is 19.3 Å². The van der Waals surface area contributed by atoms with E-state index in [0.717, 1.165) is 17.5 Å². The van der Waals surface area contributed by atoms with Crippen molar-refractivity contribution >= 4 is 34.9 Å². The molecule has 3 aromatic rings. The van der Waals surface area contributed by atoms with Gasteiger partial charge in [0.2, 0.25) is 5.91 Å². The average Bonchev–Trinajstić information content (AvgIpc) is 3.20. The molecule has 2 amide bonds. The van der Waals surface area contributed by atoms with E-state index in [4.69, 9.17) is 9.73 Å². The molecule has 1 aliphatic heterocycles. The van der Waals surface area contributed by atoms with Gasteiger partial charge in [-0.3, -0.25) is 14.6 Å². The predicted molar refractivity (Wildman–Crippen MR) is 131 cm³/mol. The molecule has 1 heterocycles. The lowest BCUT2D eigenvalue weighted by Gasteiger charge is -2.14. The number of methoxy groups -OCH3 is 1. The Morgan fingerprint density at radius 2 is 1.68 bits per heavy atom. The van der Waals surface area contributed by atoms with Crippen LogP contribution in [0.25, 0.3) is 0 Å². The number of aliphatic imine (C=N–C) groups is 1. The predicted octanol–water partition coefficient (Wildman–Crippen LogP) is 4.47. The molecule has 0 aromatic heterocycles. The molecule has 1 unspecified atom stereocenters. The molecule has 0 saturated carbocycles. The lowest BCUT2D eigenvalue weighted by Crippen LogP contribution is -2.23. The van der Waals surface area contributed by atoms with Gasteiger partial charge in [-0.25, -0.2) is 4.79 Å². The van der Waals surface area contributed by atoms with Crippen LogP contribution in [0.15, 0.2) is 77.8 Å². The highest BCUT2D eigenvalue weighted by atomic mass is 16.5. The summed E-state index contributed by atoms with van der Waals surface area (Å²) >= 11 is 0. The zero-order chi connectivity index (χ0) is 24.1. The molecule has 0 spiro atoms. The topological polar surface area (TPSA) is 96.9 Å². The number of hydrogen-bond acceptors (Lipinski definition) is 5. The highest BCUT2D eigenvalue weighted by Gasteiger charge is 2.36. The van der Waals surface area contributed by atoms with Gasteiger partial charge < -0.3 is 15.4 Å². The number of nitrogens with zero attached hydrogens (tertiary/aromatic N) is 1. The summed E-state index contributed by atoms with van der Waals surface area (Å²) in [6, 6.07) is 21.5. The highest BCUT2D eigenvalue weighted by Crippen LogP contribution is 2.37. The van der Waals surface area contributed by atoms with Crippen molar-refractivity contribution in [2.75, 3.05) is 19.0 Å². The van der Waals surface area contributed by atoms with Gasteiger partial charge in [-0.2, -0.15) is 0 Å². The molecule has 2 N–H and O–H groups in total. The molecule has 172 valence electrons. The maximum Gasteiger partial charge on any atom is 0.337 e. The van der Waals surface area contributed by atoms with E-state index in [2.05, 4.69) is 10.6 Å². The summed E-state index contributed by atoms with van der Waals surface area (Å²) in [5.41, 5.74) is 4.20. The number of benzene rings is 3. The molecule has 0 bridgehead atoms. The second kappa shape index (κ2) is 10.1. The van der Waals surface area contributed by atoms with E-state index in [1.807, 2.05) is 37.3 Å². The van der Waals surface area contributed by atoms with Crippen LogP contribution in [0.1, 0.15) is 51.1 Å². The number of anilines is 1. The summed E-state index contributed by atoms with van der Waals surface area (Å²) in [5.74, 6) is -1.49. The fourth-order valence-corrected chi connectivity index (χ4v) is 3.85. The number of carbonyl (C=O) groups excluding carboxylic acids is 3. The van der Waals surface area contributed by atoms with Gasteiger partial charge in [0.1, 0.15) is 5.92 Å². The Kier molecular flexibility index (Phi) is 6.82. The zero-order valence-corrected chi connectivity index (χ0v) is 19.0. The van der Waals surface area contributed by atoms with Crippen molar-refractivity contribution in [2.24, 2.45) is 4.99 Å². The molecule has 0 saturated heterocycles. The van der Waals surface area contributed by atoms with E-state index >= 15 is 0 Å². The van der Waals surface area contributed by atoms with Gasteiger partial charge in [-0.05, 0) is 53.9 Å². The van der Waals surface area contributed by atoms with Crippen LogP contribution in [-0.2, 0) is 9.53 Å². The zero-order valence-electron chi connectivity index (χ0n) is 19.0. The van der Waals surface area contributed by atoms with Crippen LogP contribution < -0.4 is 10.6 Å². The smallest absolute Gasteiger partial charge is 0.337 e. The lowest BCUT2D eigenvalue weighted by atomic mass is 9.90. The first-order valence-electron chi connectivity index (χ1n) is 11.1. The van der Waals surface area contributed by atoms with E-state index in [9.17, 15) is 14.4 Å². The fraction of sp³-hybridized carbons (Fsp3) is 0.185. The number of nitrogens with one attached hydrogen (secondary N) is 2. The summed E-state index contributed by atoms with van der Waals surface area (Å²) in [5, 5.41) is 5.72. The normalized spacial score (nSPS) is 14.8. The Morgan fingerprint density at radius 1 is 0.971 bits per heavy atom. The van der Waals surface area contributed by atoms with Crippen molar-refractivity contribution in [3.8, 4) is 0 Å². The van der Waals surface area contributed by atoms with Crippen LogP contribution in [0.5, 0.6) is 0 Å². The minimum absolute atomic E-state index is 0.133. The number of amides is 2. The van der Waals surface area contributed by atoms with Gasteiger partial charge >= 0.3 is 5.97 Å². The molecule has 0 aliphatic carbocycles. The van der Waals surface area contributed by atoms with Crippen LogP contribution in [0.4, 0.5) is 11.4 Å². The molecular weight excluding hydrogens is 430 g/mol. The van der Waals surface area contributed by atoms with Crippen LogP contribution in [0.2, 0.25) is 0 Å². The second-order valence-corrected chi connectivity index (χ2v) is 7.88.